The number of amides is 1. The van der Waals surface area contributed by atoms with Crippen molar-refractivity contribution in [2.45, 2.75) is 31.8 Å². The number of carbonyl (C=O) groups is 1. The van der Waals surface area contributed by atoms with Crippen LogP contribution in [-0.2, 0) is 6.54 Å². The molecule has 1 aliphatic carbocycles. The van der Waals surface area contributed by atoms with E-state index in [1.54, 1.807) is 12.3 Å². The highest BCUT2D eigenvalue weighted by Crippen LogP contribution is 2.35. The number of hydrogen-bond acceptors (Lipinski definition) is 4. The first kappa shape index (κ1) is 14.5. The lowest BCUT2D eigenvalue weighted by Crippen LogP contribution is -2.35. The summed E-state index contributed by atoms with van der Waals surface area (Å²) < 4.78 is 7.34. The van der Waals surface area contributed by atoms with Crippen LogP contribution in [0.2, 0.25) is 0 Å². The highest BCUT2D eigenvalue weighted by molar-refractivity contribution is 5.93. The number of rotatable bonds is 4. The van der Waals surface area contributed by atoms with E-state index in [1.807, 2.05) is 11.1 Å². The van der Waals surface area contributed by atoms with Crippen LogP contribution in [0.15, 0.2) is 35.4 Å². The Hall–Kier alpha value is -2.08. The maximum absolute atomic E-state index is 12.4. The van der Waals surface area contributed by atoms with Crippen molar-refractivity contribution in [2.75, 3.05) is 26.2 Å². The van der Waals surface area contributed by atoms with Gasteiger partial charge in [0.2, 0.25) is 0 Å². The Bertz CT molecular complexity index is 660. The van der Waals surface area contributed by atoms with Gasteiger partial charge in [-0.3, -0.25) is 9.69 Å². The van der Waals surface area contributed by atoms with E-state index in [0.717, 1.165) is 45.0 Å². The van der Waals surface area contributed by atoms with Gasteiger partial charge in [-0.2, -0.15) is 0 Å². The first-order valence-corrected chi connectivity index (χ1v) is 8.37. The highest BCUT2D eigenvalue weighted by atomic mass is 16.3. The third-order valence-corrected chi connectivity index (χ3v) is 4.70. The van der Waals surface area contributed by atoms with Crippen LogP contribution in [0.1, 0.15) is 41.5 Å². The molecule has 122 valence electrons. The second-order valence-corrected chi connectivity index (χ2v) is 6.42. The number of aromatic nitrogens is 2. The zero-order valence-electron chi connectivity index (χ0n) is 13.2. The normalized spacial score (nSPS) is 19.7. The Balaban J connectivity index is 1.37. The van der Waals surface area contributed by atoms with Gasteiger partial charge < -0.3 is 13.9 Å². The molecule has 0 atom stereocenters. The lowest BCUT2D eigenvalue weighted by atomic mass is 10.3. The largest absolute Gasteiger partial charge is 0.472 e. The Kier molecular flexibility index (Phi) is 3.91. The third kappa shape index (κ3) is 3.17. The first-order valence-electron chi connectivity index (χ1n) is 8.37. The molecule has 0 aromatic carbocycles. The van der Waals surface area contributed by atoms with Gasteiger partial charge in [-0.1, -0.05) is 0 Å². The summed E-state index contributed by atoms with van der Waals surface area (Å²) in [5.74, 6) is 1.22. The van der Waals surface area contributed by atoms with Crippen molar-refractivity contribution in [1.29, 1.82) is 0 Å². The predicted molar refractivity (Wildman–Crippen MR) is 85.0 cm³/mol. The smallest absolute Gasteiger partial charge is 0.257 e. The fourth-order valence-corrected chi connectivity index (χ4v) is 3.25. The zero-order chi connectivity index (χ0) is 15.6. The van der Waals surface area contributed by atoms with Crippen LogP contribution in [0.25, 0.3) is 0 Å². The van der Waals surface area contributed by atoms with Gasteiger partial charge in [-0.15, -0.1) is 0 Å². The molecule has 2 aliphatic rings. The SMILES string of the molecule is O=C(c1ccoc1)N1CCCN(Cc2nccn2C2CC2)CC1. The van der Waals surface area contributed by atoms with Gasteiger partial charge in [0.1, 0.15) is 12.1 Å². The van der Waals surface area contributed by atoms with Crippen molar-refractivity contribution < 1.29 is 9.21 Å². The van der Waals surface area contributed by atoms with E-state index in [1.165, 1.54) is 19.1 Å². The molecule has 3 heterocycles. The van der Waals surface area contributed by atoms with Gasteiger partial charge >= 0.3 is 0 Å². The van der Waals surface area contributed by atoms with Crippen molar-refractivity contribution in [1.82, 2.24) is 19.4 Å². The molecule has 2 aromatic heterocycles. The lowest BCUT2D eigenvalue weighted by molar-refractivity contribution is 0.0760. The Morgan fingerprint density at radius 2 is 2.17 bits per heavy atom. The van der Waals surface area contributed by atoms with E-state index in [0.29, 0.717) is 11.6 Å². The maximum atomic E-state index is 12.4. The quantitative estimate of drug-likeness (QED) is 0.868. The summed E-state index contributed by atoms with van der Waals surface area (Å²) in [6.07, 6.45) is 10.6. The molecule has 4 rings (SSSR count). The molecule has 0 bridgehead atoms. The summed E-state index contributed by atoms with van der Waals surface area (Å²) >= 11 is 0. The molecule has 6 nitrogen and oxygen atoms in total. The average Bonchev–Trinajstić information content (AvgIpc) is 3.13. The Morgan fingerprint density at radius 3 is 2.96 bits per heavy atom. The first-order chi connectivity index (χ1) is 11.3. The van der Waals surface area contributed by atoms with Crippen molar-refractivity contribution in [2.24, 2.45) is 0 Å². The molecule has 1 saturated carbocycles. The molecule has 1 saturated heterocycles. The maximum Gasteiger partial charge on any atom is 0.257 e. The van der Waals surface area contributed by atoms with Gasteiger partial charge in [0, 0.05) is 44.6 Å². The Morgan fingerprint density at radius 1 is 1.26 bits per heavy atom. The summed E-state index contributed by atoms with van der Waals surface area (Å²) in [5, 5.41) is 0. The van der Waals surface area contributed by atoms with Gasteiger partial charge in [0.05, 0.1) is 18.4 Å². The van der Waals surface area contributed by atoms with E-state index >= 15 is 0 Å². The minimum Gasteiger partial charge on any atom is -0.472 e. The standard InChI is InChI=1S/C17H22N4O2/c22-17(14-4-11-23-13-14)20-7-1-6-19(9-10-20)12-16-18-5-8-21(16)15-2-3-15/h4-5,8,11,13,15H,1-3,6-7,9-10,12H2. The van der Waals surface area contributed by atoms with Crippen LogP contribution in [0.4, 0.5) is 0 Å². The van der Waals surface area contributed by atoms with Crippen LogP contribution < -0.4 is 0 Å². The van der Waals surface area contributed by atoms with Crippen LogP contribution in [0.5, 0.6) is 0 Å². The summed E-state index contributed by atoms with van der Waals surface area (Å²) in [4.78, 5) is 21.3. The average molecular weight is 314 g/mol. The van der Waals surface area contributed by atoms with Crippen molar-refractivity contribution >= 4 is 5.91 Å². The molecule has 1 amide bonds. The number of nitrogens with zero attached hydrogens (tertiary/aromatic N) is 4. The molecule has 0 N–H and O–H groups in total. The fraction of sp³-hybridized carbons (Fsp3) is 0.529. The minimum absolute atomic E-state index is 0.0695. The molecule has 1 aliphatic heterocycles. The van der Waals surface area contributed by atoms with E-state index in [9.17, 15) is 4.79 Å². The number of imidazole rings is 1. The summed E-state index contributed by atoms with van der Waals surface area (Å²) in [5.41, 5.74) is 0.641. The second kappa shape index (κ2) is 6.20. The summed E-state index contributed by atoms with van der Waals surface area (Å²) in [6, 6.07) is 2.40. The number of furan rings is 1. The van der Waals surface area contributed by atoms with Gasteiger partial charge in [-0.25, -0.2) is 4.98 Å². The van der Waals surface area contributed by atoms with E-state index < -0.39 is 0 Å². The molecule has 2 fully saturated rings. The molecule has 0 radical (unpaired) electrons. The lowest BCUT2D eigenvalue weighted by Gasteiger charge is -2.21. The van der Waals surface area contributed by atoms with Crippen LogP contribution >= 0.6 is 0 Å². The van der Waals surface area contributed by atoms with E-state index in [2.05, 4.69) is 20.6 Å². The van der Waals surface area contributed by atoms with Crippen molar-refractivity contribution in [3.05, 3.63) is 42.4 Å². The molecular weight excluding hydrogens is 292 g/mol. The molecule has 0 unspecified atom stereocenters. The second-order valence-electron chi connectivity index (χ2n) is 6.42. The Labute approximate surface area is 135 Å². The van der Waals surface area contributed by atoms with Gasteiger partial charge in [0.25, 0.3) is 5.91 Å². The molecule has 6 heteroatoms. The van der Waals surface area contributed by atoms with Crippen molar-refractivity contribution in [3.63, 3.8) is 0 Å². The van der Waals surface area contributed by atoms with Crippen LogP contribution in [0.3, 0.4) is 0 Å². The molecule has 0 spiro atoms. The topological polar surface area (TPSA) is 54.5 Å². The van der Waals surface area contributed by atoms with E-state index in [4.69, 9.17) is 4.42 Å². The third-order valence-electron chi connectivity index (χ3n) is 4.70. The van der Waals surface area contributed by atoms with Crippen LogP contribution in [0, 0.1) is 0 Å². The zero-order valence-corrected chi connectivity index (χ0v) is 13.2. The van der Waals surface area contributed by atoms with Crippen molar-refractivity contribution in [3.8, 4) is 0 Å². The monoisotopic (exact) mass is 314 g/mol. The number of carbonyl (C=O) groups excluding carboxylic acids is 1. The fourth-order valence-electron chi connectivity index (χ4n) is 3.25. The van der Waals surface area contributed by atoms with Gasteiger partial charge in [-0.05, 0) is 25.3 Å². The molecule has 23 heavy (non-hydrogen) atoms. The van der Waals surface area contributed by atoms with Crippen LogP contribution in [-0.4, -0.2) is 51.4 Å². The minimum atomic E-state index is 0.0695. The summed E-state index contributed by atoms with van der Waals surface area (Å²) in [6.45, 7) is 4.33. The van der Waals surface area contributed by atoms with Gasteiger partial charge in [0.15, 0.2) is 0 Å². The highest BCUT2D eigenvalue weighted by Gasteiger charge is 2.27. The number of hydrogen-bond donors (Lipinski definition) is 0. The summed E-state index contributed by atoms with van der Waals surface area (Å²) in [7, 11) is 0. The molecule has 2 aromatic rings. The predicted octanol–water partition coefficient (Wildman–Crippen LogP) is 2.16. The van der Waals surface area contributed by atoms with E-state index in [-0.39, 0.29) is 5.91 Å². The molecular formula is C17H22N4O2.